The van der Waals surface area contributed by atoms with Gasteiger partial charge in [-0.05, 0) is 13.3 Å². The number of hydrogen-bond donors (Lipinski definition) is 6. The van der Waals surface area contributed by atoms with E-state index in [-0.39, 0.29) is 12.5 Å². The van der Waals surface area contributed by atoms with E-state index in [1.165, 1.54) is 70.4 Å². The minimum absolute atomic E-state index is 0.171. The number of rotatable bonds is 18. The van der Waals surface area contributed by atoms with Crippen LogP contribution in [-0.4, -0.2) is 79.1 Å². The van der Waals surface area contributed by atoms with Gasteiger partial charge in [0.1, 0.15) is 24.1 Å². The van der Waals surface area contributed by atoms with Gasteiger partial charge in [-0.1, -0.05) is 77.6 Å². The number of fused-ring (bicyclic) bond motifs is 1. The lowest BCUT2D eigenvalue weighted by Crippen LogP contribution is -2.64. The normalized spacial score (nSPS) is 22.8. The topological polar surface area (TPSA) is 174 Å². The number of imidazole rings is 1. The van der Waals surface area contributed by atoms with Gasteiger partial charge in [0.05, 0.1) is 25.0 Å². The van der Waals surface area contributed by atoms with Crippen molar-refractivity contribution in [1.29, 1.82) is 0 Å². The lowest BCUT2D eigenvalue weighted by molar-refractivity contribution is -0.172. The third-order valence-electron chi connectivity index (χ3n) is 7.43. The number of aliphatic hydroxyl groups excluding tert-OH is 2. The maximum atomic E-state index is 12.5. The second-order valence-corrected chi connectivity index (χ2v) is 10.7. The maximum Gasteiger partial charge on any atom is 0.239 e. The molecule has 1 aliphatic heterocycles. The molecule has 3 rings (SSSR count). The SMILES string of the molecule is CCCCCCCCCCCCCCC(=O)NCC(=O)N[C@@H]1[C@@H](O)[C@H](O)[C@@H](Nc2ncnc3nc[nH]c23)O[C@H]1C. The molecule has 0 radical (unpaired) electrons. The summed E-state index contributed by atoms with van der Waals surface area (Å²) in [5.74, 6) is -0.268. The number of carbonyl (C=O) groups excluding carboxylic acids is 2. The molecule has 6 N–H and O–H groups in total. The van der Waals surface area contributed by atoms with Gasteiger partial charge >= 0.3 is 0 Å². The first-order chi connectivity index (χ1) is 19.4. The average molecular weight is 562 g/mol. The number of hydrogen-bond acceptors (Lipinski definition) is 9. The first-order valence-electron chi connectivity index (χ1n) is 14.9. The summed E-state index contributed by atoms with van der Waals surface area (Å²) in [4.78, 5) is 39.8. The van der Waals surface area contributed by atoms with Crippen LogP contribution < -0.4 is 16.0 Å². The fourth-order valence-electron chi connectivity index (χ4n) is 5.03. The molecule has 1 fully saturated rings. The highest BCUT2D eigenvalue weighted by atomic mass is 16.5. The number of nitrogens with zero attached hydrogens (tertiary/aromatic N) is 3. The molecule has 5 atom stereocenters. The van der Waals surface area contributed by atoms with Crippen LogP contribution in [0.1, 0.15) is 97.3 Å². The van der Waals surface area contributed by atoms with Crippen molar-refractivity contribution in [2.75, 3.05) is 11.9 Å². The van der Waals surface area contributed by atoms with Crippen LogP contribution >= 0.6 is 0 Å². The van der Waals surface area contributed by atoms with Gasteiger partial charge in [0, 0.05) is 6.42 Å². The number of anilines is 1. The zero-order valence-corrected chi connectivity index (χ0v) is 23.9. The Morgan fingerprint density at radius 2 is 1.55 bits per heavy atom. The summed E-state index contributed by atoms with van der Waals surface area (Å²) in [6, 6.07) is -0.855. The molecule has 1 saturated heterocycles. The Balaban J connectivity index is 1.27. The van der Waals surface area contributed by atoms with E-state index in [1.807, 2.05) is 0 Å². The fourth-order valence-corrected chi connectivity index (χ4v) is 5.03. The lowest BCUT2D eigenvalue weighted by Gasteiger charge is -2.42. The average Bonchev–Trinajstić information content (AvgIpc) is 3.43. The molecule has 0 saturated carbocycles. The minimum atomic E-state index is -1.35. The van der Waals surface area contributed by atoms with Gasteiger partial charge in [0.25, 0.3) is 0 Å². The van der Waals surface area contributed by atoms with E-state index in [9.17, 15) is 19.8 Å². The van der Waals surface area contributed by atoms with Gasteiger partial charge in [-0.2, -0.15) is 0 Å². The van der Waals surface area contributed by atoms with Gasteiger partial charge in [-0.15, -0.1) is 0 Å². The van der Waals surface area contributed by atoms with E-state index in [0.29, 0.717) is 23.4 Å². The molecule has 40 heavy (non-hydrogen) atoms. The van der Waals surface area contributed by atoms with Gasteiger partial charge < -0.3 is 35.9 Å². The summed E-state index contributed by atoms with van der Waals surface area (Å²) in [6.07, 6.45) is 13.6. The van der Waals surface area contributed by atoms with Crippen molar-refractivity contribution >= 4 is 28.8 Å². The molecule has 0 spiro atoms. The van der Waals surface area contributed by atoms with Crippen molar-refractivity contribution < 1.29 is 24.5 Å². The summed E-state index contributed by atoms with van der Waals surface area (Å²) in [6.45, 7) is 3.72. The standard InChI is InChI=1S/C28H47N7O5/c1-3-4-5-6-7-8-9-10-11-12-13-14-15-20(36)29-16-21(37)34-22-19(2)40-28(25(39)24(22)38)35-27-23-26(31-17-30-23)32-18-33-27/h17-19,22,24-25,28,38-39H,3-16H2,1-2H3,(H,29,36)(H,34,37)(H2,30,31,32,33,35)/t19-,22-,24+,25-,28-/m0/s1. The molecular weight excluding hydrogens is 514 g/mol. The Hall–Kier alpha value is -2.83. The van der Waals surface area contributed by atoms with Crippen molar-refractivity contribution in [3.05, 3.63) is 12.7 Å². The minimum Gasteiger partial charge on any atom is -0.388 e. The van der Waals surface area contributed by atoms with E-state index in [1.54, 1.807) is 6.92 Å². The molecular formula is C28H47N7O5. The van der Waals surface area contributed by atoms with Crippen LogP contribution in [0.2, 0.25) is 0 Å². The summed E-state index contributed by atoms with van der Waals surface area (Å²) < 4.78 is 5.85. The van der Waals surface area contributed by atoms with Crippen molar-refractivity contribution in [1.82, 2.24) is 30.6 Å². The molecule has 0 aliphatic carbocycles. The first-order valence-corrected chi connectivity index (χ1v) is 14.9. The number of carbonyl (C=O) groups is 2. The molecule has 0 unspecified atom stereocenters. The van der Waals surface area contributed by atoms with E-state index in [4.69, 9.17) is 4.74 Å². The van der Waals surface area contributed by atoms with Crippen LogP contribution in [0.5, 0.6) is 0 Å². The summed E-state index contributed by atoms with van der Waals surface area (Å²) in [5, 5.41) is 29.6. The molecule has 224 valence electrons. The van der Waals surface area contributed by atoms with Gasteiger partial charge in [0.15, 0.2) is 17.7 Å². The smallest absolute Gasteiger partial charge is 0.239 e. The monoisotopic (exact) mass is 561 g/mol. The van der Waals surface area contributed by atoms with Gasteiger partial charge in [-0.25, -0.2) is 15.0 Å². The zero-order valence-electron chi connectivity index (χ0n) is 23.9. The van der Waals surface area contributed by atoms with E-state index >= 15 is 0 Å². The van der Waals surface area contributed by atoms with Gasteiger partial charge in [0.2, 0.25) is 11.8 Å². The van der Waals surface area contributed by atoms with Crippen molar-refractivity contribution in [3.8, 4) is 0 Å². The van der Waals surface area contributed by atoms with Gasteiger partial charge in [-0.3, -0.25) is 9.59 Å². The zero-order chi connectivity index (χ0) is 28.7. The fraction of sp³-hybridized carbons (Fsp3) is 0.750. The lowest BCUT2D eigenvalue weighted by atomic mass is 9.96. The van der Waals surface area contributed by atoms with Crippen LogP contribution in [-0.2, 0) is 14.3 Å². The number of ether oxygens (including phenoxy) is 1. The van der Waals surface area contributed by atoms with Crippen molar-refractivity contribution in [3.63, 3.8) is 0 Å². The van der Waals surface area contributed by atoms with Crippen LogP contribution in [0, 0.1) is 0 Å². The number of aromatic nitrogens is 4. The summed E-state index contributed by atoms with van der Waals surface area (Å²) in [7, 11) is 0. The molecule has 2 aromatic heterocycles. The molecule has 12 nitrogen and oxygen atoms in total. The molecule has 12 heteroatoms. The highest BCUT2D eigenvalue weighted by Crippen LogP contribution is 2.24. The molecule has 3 heterocycles. The quantitative estimate of drug-likeness (QED) is 0.150. The molecule has 0 aromatic carbocycles. The van der Waals surface area contributed by atoms with E-state index in [0.717, 1.165) is 19.3 Å². The highest BCUT2D eigenvalue weighted by Gasteiger charge is 2.43. The van der Waals surface area contributed by atoms with Crippen LogP contribution in [0.4, 0.5) is 5.82 Å². The Labute approximate surface area is 236 Å². The molecule has 0 bridgehead atoms. The predicted molar refractivity (Wildman–Crippen MR) is 152 cm³/mol. The molecule has 2 aromatic rings. The Morgan fingerprint density at radius 3 is 2.23 bits per heavy atom. The second-order valence-electron chi connectivity index (χ2n) is 10.7. The number of H-pyrrole nitrogens is 1. The van der Waals surface area contributed by atoms with Crippen molar-refractivity contribution in [2.45, 2.75) is 128 Å². The van der Waals surface area contributed by atoms with E-state index < -0.39 is 36.5 Å². The highest BCUT2D eigenvalue weighted by molar-refractivity contribution is 5.85. The van der Waals surface area contributed by atoms with Crippen LogP contribution in [0.15, 0.2) is 12.7 Å². The number of aromatic amines is 1. The van der Waals surface area contributed by atoms with Crippen LogP contribution in [0.25, 0.3) is 11.2 Å². The number of aliphatic hydroxyl groups is 2. The maximum absolute atomic E-state index is 12.5. The molecule has 2 amide bonds. The second kappa shape index (κ2) is 17.1. The third kappa shape index (κ3) is 9.97. The third-order valence-corrected chi connectivity index (χ3v) is 7.43. The Bertz CT molecular complexity index is 1040. The van der Waals surface area contributed by atoms with Crippen molar-refractivity contribution in [2.24, 2.45) is 0 Å². The Morgan fingerprint density at radius 1 is 0.900 bits per heavy atom. The van der Waals surface area contributed by atoms with Crippen LogP contribution in [0.3, 0.4) is 0 Å². The number of unbranched alkanes of at least 4 members (excludes halogenated alkanes) is 11. The summed E-state index contributed by atoms with van der Waals surface area (Å²) in [5.41, 5.74) is 0.984. The number of amides is 2. The largest absolute Gasteiger partial charge is 0.388 e. The first kappa shape index (κ1) is 31.7. The van der Waals surface area contributed by atoms with E-state index in [2.05, 4.69) is 42.8 Å². The predicted octanol–water partition coefficient (Wildman–Crippen LogP) is 2.92. The summed E-state index contributed by atoms with van der Waals surface area (Å²) >= 11 is 0. The molecule has 1 aliphatic rings. The Kier molecular flexibility index (Phi) is 13.5. The number of nitrogens with one attached hydrogen (secondary N) is 4.